The molecule has 0 saturated carbocycles. The van der Waals surface area contributed by atoms with Crippen LogP contribution in [0.15, 0.2) is 48.7 Å². The highest BCUT2D eigenvalue weighted by Crippen LogP contribution is 2.31. The van der Waals surface area contributed by atoms with E-state index in [4.69, 9.17) is 4.74 Å². The van der Waals surface area contributed by atoms with Gasteiger partial charge in [-0.25, -0.2) is 14.1 Å². The molecular formula is C17H13FN4OS. The second kappa shape index (κ2) is 6.01. The van der Waals surface area contributed by atoms with E-state index in [2.05, 4.69) is 15.3 Å². The largest absolute Gasteiger partial charge is 0.497 e. The molecule has 0 bridgehead atoms. The first-order valence-electron chi connectivity index (χ1n) is 7.31. The number of hydrogen-bond acceptors (Lipinski definition) is 5. The molecule has 0 atom stereocenters. The summed E-state index contributed by atoms with van der Waals surface area (Å²) in [6, 6.07) is 12.1. The van der Waals surface area contributed by atoms with Gasteiger partial charge in [-0.1, -0.05) is 17.3 Å². The van der Waals surface area contributed by atoms with Gasteiger partial charge in [0.05, 0.1) is 30.1 Å². The van der Waals surface area contributed by atoms with Gasteiger partial charge in [0.1, 0.15) is 22.3 Å². The Balaban J connectivity index is 1.61. The van der Waals surface area contributed by atoms with Gasteiger partial charge in [0, 0.05) is 0 Å². The van der Waals surface area contributed by atoms with Crippen LogP contribution in [-0.2, 0) is 6.54 Å². The molecule has 0 spiro atoms. The number of thiazole rings is 1. The fourth-order valence-corrected chi connectivity index (χ4v) is 3.34. The fraction of sp³-hybridized carbons (Fsp3) is 0.118. The summed E-state index contributed by atoms with van der Waals surface area (Å²) in [5.74, 6) is 0.556. The molecule has 0 aliphatic heterocycles. The van der Waals surface area contributed by atoms with Crippen LogP contribution < -0.4 is 4.74 Å². The van der Waals surface area contributed by atoms with E-state index in [9.17, 15) is 4.39 Å². The first-order valence-corrected chi connectivity index (χ1v) is 8.12. The van der Waals surface area contributed by atoms with Gasteiger partial charge < -0.3 is 4.74 Å². The van der Waals surface area contributed by atoms with E-state index in [0.29, 0.717) is 6.54 Å². The van der Waals surface area contributed by atoms with Crippen LogP contribution in [0.2, 0.25) is 0 Å². The lowest BCUT2D eigenvalue weighted by molar-refractivity contribution is 0.415. The van der Waals surface area contributed by atoms with E-state index < -0.39 is 0 Å². The predicted molar refractivity (Wildman–Crippen MR) is 90.7 cm³/mol. The van der Waals surface area contributed by atoms with E-state index in [0.717, 1.165) is 32.2 Å². The third-order valence-corrected chi connectivity index (χ3v) is 4.65. The number of benzene rings is 2. The van der Waals surface area contributed by atoms with E-state index in [1.807, 2.05) is 24.4 Å². The minimum absolute atomic E-state index is 0.247. The average Bonchev–Trinajstić information content (AvgIpc) is 3.22. The molecule has 2 aromatic carbocycles. The van der Waals surface area contributed by atoms with Gasteiger partial charge in [-0.15, -0.1) is 16.4 Å². The zero-order chi connectivity index (χ0) is 16.5. The molecule has 0 radical (unpaired) electrons. The summed E-state index contributed by atoms with van der Waals surface area (Å²) in [6.07, 6.45) is 1.85. The van der Waals surface area contributed by atoms with Gasteiger partial charge in [0.2, 0.25) is 0 Å². The Hall–Kier alpha value is -2.80. The lowest BCUT2D eigenvalue weighted by Crippen LogP contribution is -2.00. The van der Waals surface area contributed by atoms with Crippen molar-refractivity contribution in [2.45, 2.75) is 6.54 Å². The highest BCUT2D eigenvalue weighted by atomic mass is 32.1. The van der Waals surface area contributed by atoms with Gasteiger partial charge in [-0.2, -0.15) is 0 Å². The van der Waals surface area contributed by atoms with Crippen molar-refractivity contribution in [2.24, 2.45) is 0 Å². The van der Waals surface area contributed by atoms with E-state index in [1.54, 1.807) is 35.3 Å². The van der Waals surface area contributed by atoms with Crippen molar-refractivity contribution < 1.29 is 9.13 Å². The number of aromatic nitrogens is 4. The molecule has 0 amide bonds. The molecule has 0 aliphatic carbocycles. The predicted octanol–water partition coefficient (Wildman–Crippen LogP) is 3.75. The number of nitrogens with zero attached hydrogens (tertiary/aromatic N) is 4. The average molecular weight is 340 g/mol. The standard InChI is InChI=1S/C17H13FN4OS/c1-23-13-6-7-14-16(8-13)24-17(19-14)15-10-22(21-20-15)9-11-2-4-12(18)5-3-11/h2-8,10H,9H2,1H3. The molecule has 5 nitrogen and oxygen atoms in total. The quantitative estimate of drug-likeness (QED) is 0.568. The molecule has 4 rings (SSSR count). The summed E-state index contributed by atoms with van der Waals surface area (Å²) in [4.78, 5) is 4.59. The summed E-state index contributed by atoms with van der Waals surface area (Å²) in [6.45, 7) is 0.534. The van der Waals surface area contributed by atoms with Crippen molar-refractivity contribution in [1.82, 2.24) is 20.0 Å². The van der Waals surface area contributed by atoms with Gasteiger partial charge in [0.25, 0.3) is 0 Å². The summed E-state index contributed by atoms with van der Waals surface area (Å²) >= 11 is 1.54. The van der Waals surface area contributed by atoms with Crippen molar-refractivity contribution in [2.75, 3.05) is 7.11 Å². The number of hydrogen-bond donors (Lipinski definition) is 0. The molecule has 0 N–H and O–H groups in total. The maximum absolute atomic E-state index is 13.0. The van der Waals surface area contributed by atoms with Crippen LogP contribution in [-0.4, -0.2) is 27.1 Å². The lowest BCUT2D eigenvalue weighted by atomic mass is 10.2. The van der Waals surface area contributed by atoms with Crippen molar-refractivity contribution >= 4 is 21.6 Å². The Kier molecular flexibility index (Phi) is 3.70. The molecule has 0 saturated heterocycles. The topological polar surface area (TPSA) is 52.8 Å². The third-order valence-electron chi connectivity index (χ3n) is 3.61. The van der Waals surface area contributed by atoms with E-state index in [-0.39, 0.29) is 5.82 Å². The highest BCUT2D eigenvalue weighted by molar-refractivity contribution is 7.21. The number of halogens is 1. The van der Waals surface area contributed by atoms with Crippen LogP contribution in [0.1, 0.15) is 5.56 Å². The van der Waals surface area contributed by atoms with Crippen LogP contribution in [0, 0.1) is 5.82 Å². The van der Waals surface area contributed by atoms with Crippen molar-refractivity contribution in [3.63, 3.8) is 0 Å². The molecule has 2 aromatic heterocycles. The lowest BCUT2D eigenvalue weighted by Gasteiger charge is -1.99. The van der Waals surface area contributed by atoms with Gasteiger partial charge in [-0.05, 0) is 35.9 Å². The first-order chi connectivity index (χ1) is 11.7. The number of ether oxygens (including phenoxy) is 1. The Labute approximate surface area is 141 Å². The molecular weight excluding hydrogens is 327 g/mol. The molecule has 7 heteroatoms. The summed E-state index contributed by atoms with van der Waals surface area (Å²) < 4.78 is 20.9. The number of fused-ring (bicyclic) bond motifs is 1. The first kappa shape index (κ1) is 14.8. The van der Waals surface area contributed by atoms with E-state index in [1.165, 1.54) is 12.1 Å². The zero-order valence-corrected chi connectivity index (χ0v) is 13.6. The molecule has 24 heavy (non-hydrogen) atoms. The number of rotatable bonds is 4. The summed E-state index contributed by atoms with van der Waals surface area (Å²) in [5, 5.41) is 9.13. The Bertz CT molecular complexity index is 993. The van der Waals surface area contributed by atoms with Crippen molar-refractivity contribution in [3.05, 3.63) is 60.0 Å². The van der Waals surface area contributed by atoms with Gasteiger partial charge in [0.15, 0.2) is 0 Å². The SMILES string of the molecule is COc1ccc2nc(-c3cn(Cc4ccc(F)cc4)nn3)sc2c1. The fourth-order valence-electron chi connectivity index (χ4n) is 2.39. The Morgan fingerprint density at radius 2 is 2.00 bits per heavy atom. The monoisotopic (exact) mass is 340 g/mol. The maximum atomic E-state index is 13.0. The molecule has 0 fully saturated rings. The second-order valence-electron chi connectivity index (χ2n) is 5.28. The zero-order valence-electron chi connectivity index (χ0n) is 12.8. The summed E-state index contributed by atoms with van der Waals surface area (Å²) in [5.41, 5.74) is 2.59. The Morgan fingerprint density at radius 1 is 1.17 bits per heavy atom. The Morgan fingerprint density at radius 3 is 2.79 bits per heavy atom. The molecule has 4 aromatic rings. The third kappa shape index (κ3) is 2.85. The number of methoxy groups -OCH3 is 1. The van der Waals surface area contributed by atoms with Gasteiger partial charge in [-0.3, -0.25) is 0 Å². The van der Waals surface area contributed by atoms with E-state index >= 15 is 0 Å². The highest BCUT2D eigenvalue weighted by Gasteiger charge is 2.11. The minimum Gasteiger partial charge on any atom is -0.497 e. The van der Waals surface area contributed by atoms with Crippen molar-refractivity contribution in [1.29, 1.82) is 0 Å². The molecule has 120 valence electrons. The smallest absolute Gasteiger partial charge is 0.146 e. The maximum Gasteiger partial charge on any atom is 0.146 e. The molecule has 2 heterocycles. The van der Waals surface area contributed by atoms with Crippen LogP contribution in [0.25, 0.3) is 20.9 Å². The van der Waals surface area contributed by atoms with Crippen LogP contribution in [0.5, 0.6) is 5.75 Å². The van der Waals surface area contributed by atoms with Crippen LogP contribution >= 0.6 is 11.3 Å². The van der Waals surface area contributed by atoms with Crippen LogP contribution in [0.4, 0.5) is 4.39 Å². The van der Waals surface area contributed by atoms with Gasteiger partial charge >= 0.3 is 0 Å². The second-order valence-corrected chi connectivity index (χ2v) is 6.31. The van der Waals surface area contributed by atoms with Crippen molar-refractivity contribution in [3.8, 4) is 16.5 Å². The molecule has 0 aliphatic rings. The normalized spacial score (nSPS) is 11.1. The molecule has 0 unspecified atom stereocenters. The minimum atomic E-state index is -0.247. The summed E-state index contributed by atoms with van der Waals surface area (Å²) in [7, 11) is 1.64. The van der Waals surface area contributed by atoms with Crippen LogP contribution in [0.3, 0.4) is 0 Å².